The quantitative estimate of drug-likeness (QED) is 0.350. The normalized spacial score (nSPS) is 17.6. The molecule has 0 bridgehead atoms. The summed E-state index contributed by atoms with van der Waals surface area (Å²) in [6.07, 6.45) is 5.19. The second kappa shape index (κ2) is 11.3. The Morgan fingerprint density at radius 3 is 2.66 bits per heavy atom. The van der Waals surface area contributed by atoms with Crippen molar-refractivity contribution >= 4 is 29.9 Å². The van der Waals surface area contributed by atoms with Gasteiger partial charge in [0.1, 0.15) is 17.6 Å². The fourth-order valence-electron chi connectivity index (χ4n) is 3.44. The highest BCUT2D eigenvalue weighted by Gasteiger charge is 2.27. The lowest BCUT2D eigenvalue weighted by Gasteiger charge is -2.22. The molecule has 0 amide bonds. The van der Waals surface area contributed by atoms with Gasteiger partial charge in [0.15, 0.2) is 5.96 Å². The number of benzene rings is 1. The Hall–Kier alpha value is -1.97. The van der Waals surface area contributed by atoms with E-state index in [1.807, 2.05) is 49.1 Å². The summed E-state index contributed by atoms with van der Waals surface area (Å²) in [6.45, 7) is 7.55. The van der Waals surface area contributed by atoms with Gasteiger partial charge in [0.2, 0.25) is 0 Å². The van der Waals surface area contributed by atoms with Gasteiger partial charge in [0, 0.05) is 38.8 Å². The Labute approximate surface area is 190 Å². The van der Waals surface area contributed by atoms with Gasteiger partial charge in [0.25, 0.3) is 0 Å². The van der Waals surface area contributed by atoms with Gasteiger partial charge in [-0.05, 0) is 50.1 Å². The third-order valence-corrected chi connectivity index (χ3v) is 4.91. The monoisotopic (exact) mass is 513 g/mol. The summed E-state index contributed by atoms with van der Waals surface area (Å²) in [4.78, 5) is 7.15. The number of hydrogen-bond donors (Lipinski definition) is 1. The lowest BCUT2D eigenvalue weighted by Crippen LogP contribution is -2.40. The number of hydrogen-bond acceptors (Lipinski definition) is 4. The lowest BCUT2D eigenvalue weighted by atomic mass is 10.0. The SMILES string of the molecule is CCNC(=NCC(C)Oc1ccc(OC)cc1)N1CCC(c2cnn(C)c2)C1.I. The molecule has 1 fully saturated rings. The van der Waals surface area contributed by atoms with Crippen molar-refractivity contribution in [2.24, 2.45) is 12.0 Å². The molecule has 2 aromatic rings. The van der Waals surface area contributed by atoms with Gasteiger partial charge in [-0.15, -0.1) is 24.0 Å². The van der Waals surface area contributed by atoms with E-state index in [0.29, 0.717) is 12.5 Å². The van der Waals surface area contributed by atoms with E-state index < -0.39 is 0 Å². The Morgan fingerprint density at radius 1 is 1.31 bits per heavy atom. The van der Waals surface area contributed by atoms with E-state index >= 15 is 0 Å². The van der Waals surface area contributed by atoms with Crippen molar-refractivity contribution in [3.8, 4) is 11.5 Å². The number of aromatic nitrogens is 2. The molecule has 2 atom stereocenters. The molecule has 1 N–H and O–H groups in total. The molecule has 3 rings (SSSR count). The number of likely N-dealkylation sites (tertiary alicyclic amines) is 1. The summed E-state index contributed by atoms with van der Waals surface area (Å²) >= 11 is 0. The van der Waals surface area contributed by atoms with E-state index in [0.717, 1.165) is 43.5 Å². The number of aliphatic imine (C=N–C) groups is 1. The first-order valence-electron chi connectivity index (χ1n) is 9.91. The van der Waals surface area contributed by atoms with E-state index in [-0.39, 0.29) is 30.1 Å². The number of halogens is 1. The molecule has 0 saturated carbocycles. The number of ether oxygens (including phenoxy) is 2. The fraction of sp³-hybridized carbons (Fsp3) is 0.524. The lowest BCUT2D eigenvalue weighted by molar-refractivity contribution is 0.229. The van der Waals surface area contributed by atoms with E-state index in [9.17, 15) is 0 Å². The molecule has 1 aliphatic heterocycles. The molecule has 1 aromatic carbocycles. The molecular formula is C21H32IN5O2. The molecule has 160 valence electrons. The summed E-state index contributed by atoms with van der Waals surface area (Å²) in [5.74, 6) is 3.11. The average molecular weight is 513 g/mol. The van der Waals surface area contributed by atoms with E-state index in [1.165, 1.54) is 5.56 Å². The third kappa shape index (κ3) is 6.52. The van der Waals surface area contributed by atoms with Gasteiger partial charge in [-0.3, -0.25) is 4.68 Å². The highest BCUT2D eigenvalue weighted by Crippen LogP contribution is 2.26. The van der Waals surface area contributed by atoms with Crippen LogP contribution in [0.2, 0.25) is 0 Å². The first-order chi connectivity index (χ1) is 13.6. The van der Waals surface area contributed by atoms with E-state index in [4.69, 9.17) is 14.5 Å². The third-order valence-electron chi connectivity index (χ3n) is 4.91. The van der Waals surface area contributed by atoms with Gasteiger partial charge in [-0.1, -0.05) is 0 Å². The van der Waals surface area contributed by atoms with Gasteiger partial charge in [-0.25, -0.2) is 4.99 Å². The molecule has 7 nitrogen and oxygen atoms in total. The van der Waals surface area contributed by atoms with Crippen LogP contribution in [0.4, 0.5) is 0 Å². The van der Waals surface area contributed by atoms with Crippen LogP contribution in [0.5, 0.6) is 11.5 Å². The van der Waals surface area contributed by atoms with E-state index in [2.05, 4.69) is 28.4 Å². The number of rotatable bonds is 7. The topological polar surface area (TPSA) is 63.9 Å². The maximum absolute atomic E-state index is 5.98. The zero-order chi connectivity index (χ0) is 19.9. The second-order valence-corrected chi connectivity index (χ2v) is 7.18. The largest absolute Gasteiger partial charge is 0.497 e. The molecule has 2 heterocycles. The minimum Gasteiger partial charge on any atom is -0.497 e. The van der Waals surface area contributed by atoms with Crippen molar-refractivity contribution < 1.29 is 9.47 Å². The molecule has 0 radical (unpaired) electrons. The number of nitrogens with one attached hydrogen (secondary N) is 1. The first-order valence-corrected chi connectivity index (χ1v) is 9.91. The predicted octanol–water partition coefficient (Wildman–Crippen LogP) is 3.27. The minimum absolute atomic E-state index is 0. The van der Waals surface area contributed by atoms with Gasteiger partial charge < -0.3 is 19.7 Å². The van der Waals surface area contributed by atoms with Crippen molar-refractivity contribution in [3.63, 3.8) is 0 Å². The number of aryl methyl sites for hydroxylation is 1. The minimum atomic E-state index is -0.0150. The molecule has 1 aromatic heterocycles. The molecule has 0 aliphatic carbocycles. The molecular weight excluding hydrogens is 481 g/mol. The molecule has 1 aliphatic rings. The van der Waals surface area contributed by atoms with Crippen LogP contribution in [0.1, 0.15) is 31.7 Å². The standard InChI is InChI=1S/C21H31N5O2.HI/c1-5-22-21(26-11-10-17(15-26)18-13-24-25(3)14-18)23-12-16(2)28-20-8-6-19(27-4)7-9-20;/h6-9,13-14,16-17H,5,10-12,15H2,1-4H3,(H,22,23);1H. The van der Waals surface area contributed by atoms with Crippen LogP contribution in [0.3, 0.4) is 0 Å². The molecule has 8 heteroatoms. The molecule has 0 spiro atoms. The summed E-state index contributed by atoms with van der Waals surface area (Å²) < 4.78 is 13.0. The summed E-state index contributed by atoms with van der Waals surface area (Å²) in [7, 11) is 3.62. The zero-order valence-electron chi connectivity index (χ0n) is 17.7. The Balaban J connectivity index is 0.00000300. The van der Waals surface area contributed by atoms with E-state index in [1.54, 1.807) is 7.11 Å². The van der Waals surface area contributed by atoms with Crippen molar-refractivity contribution in [1.82, 2.24) is 20.0 Å². The van der Waals surface area contributed by atoms with Crippen LogP contribution in [-0.4, -0.2) is 60.0 Å². The maximum atomic E-state index is 5.98. The van der Waals surface area contributed by atoms with Crippen LogP contribution in [0.25, 0.3) is 0 Å². The molecule has 2 unspecified atom stereocenters. The zero-order valence-corrected chi connectivity index (χ0v) is 20.0. The van der Waals surface area contributed by atoms with Crippen molar-refractivity contribution in [2.75, 3.05) is 33.3 Å². The first kappa shape index (κ1) is 23.3. The highest BCUT2D eigenvalue weighted by atomic mass is 127. The number of guanidine groups is 1. The Bertz CT molecular complexity index is 778. The van der Waals surface area contributed by atoms with Crippen LogP contribution < -0.4 is 14.8 Å². The number of nitrogens with zero attached hydrogens (tertiary/aromatic N) is 4. The van der Waals surface area contributed by atoms with Crippen LogP contribution >= 0.6 is 24.0 Å². The Morgan fingerprint density at radius 2 is 2.03 bits per heavy atom. The summed E-state index contributed by atoms with van der Waals surface area (Å²) in [5.41, 5.74) is 1.30. The van der Waals surface area contributed by atoms with Crippen LogP contribution in [0, 0.1) is 0 Å². The van der Waals surface area contributed by atoms with Crippen molar-refractivity contribution in [1.29, 1.82) is 0 Å². The second-order valence-electron chi connectivity index (χ2n) is 7.18. The summed E-state index contributed by atoms with van der Waals surface area (Å²) in [6, 6.07) is 7.64. The van der Waals surface area contributed by atoms with Crippen LogP contribution in [0.15, 0.2) is 41.7 Å². The average Bonchev–Trinajstić information content (AvgIpc) is 3.35. The predicted molar refractivity (Wildman–Crippen MR) is 127 cm³/mol. The van der Waals surface area contributed by atoms with Gasteiger partial charge >= 0.3 is 0 Å². The highest BCUT2D eigenvalue weighted by molar-refractivity contribution is 14.0. The molecule has 29 heavy (non-hydrogen) atoms. The van der Waals surface area contributed by atoms with Gasteiger partial charge in [-0.2, -0.15) is 5.10 Å². The fourth-order valence-corrected chi connectivity index (χ4v) is 3.44. The number of methoxy groups -OCH3 is 1. The smallest absolute Gasteiger partial charge is 0.194 e. The Kier molecular flexibility index (Phi) is 9.06. The van der Waals surface area contributed by atoms with Gasteiger partial charge in [0.05, 0.1) is 19.9 Å². The van der Waals surface area contributed by atoms with Crippen LogP contribution in [-0.2, 0) is 7.05 Å². The van der Waals surface area contributed by atoms with Crippen molar-refractivity contribution in [3.05, 3.63) is 42.2 Å². The summed E-state index contributed by atoms with van der Waals surface area (Å²) in [5, 5.41) is 7.72. The maximum Gasteiger partial charge on any atom is 0.194 e. The van der Waals surface area contributed by atoms with Crippen molar-refractivity contribution in [2.45, 2.75) is 32.3 Å². The molecule has 1 saturated heterocycles.